The molecule has 322 valence electrons. The molecule has 3 aromatic carbocycles. The molecule has 0 spiro atoms. The summed E-state index contributed by atoms with van der Waals surface area (Å²) in [5.41, 5.74) is 14.4. The molecule has 3 aromatic rings. The lowest BCUT2D eigenvalue weighted by molar-refractivity contribution is -0.0186. The topological polar surface area (TPSA) is 9.23 Å². The van der Waals surface area contributed by atoms with Crippen LogP contribution in [0.5, 0.6) is 0 Å². The van der Waals surface area contributed by atoms with Crippen LogP contribution in [0.3, 0.4) is 0 Å². The molecule has 4 saturated carbocycles. The van der Waals surface area contributed by atoms with Gasteiger partial charge in [0, 0.05) is 5.41 Å². The number of rotatable bonds is 13. The molecule has 0 radical (unpaired) electrons. The summed E-state index contributed by atoms with van der Waals surface area (Å²) >= 11 is 0. The van der Waals surface area contributed by atoms with Crippen LogP contribution in [0, 0.1) is 23.2 Å². The number of benzene rings is 3. The average molecular weight is 829 g/mol. The number of hydrogen-bond donors (Lipinski definition) is 0. The van der Waals surface area contributed by atoms with Crippen LogP contribution >= 0.6 is 0 Å². The lowest BCUT2D eigenvalue weighted by atomic mass is 9.50. The minimum Gasteiger partial charge on any atom is -0.541 e. The monoisotopic (exact) mass is 829 g/mol. The Hall–Kier alpha value is -2.24. The largest absolute Gasteiger partial charge is 0.541 e. The van der Waals surface area contributed by atoms with Gasteiger partial charge >= 0.3 is 7.83 Å². The molecule has 8 rings (SSSR count). The van der Waals surface area contributed by atoms with Crippen LogP contribution in [-0.2, 0) is 4.43 Å². The van der Waals surface area contributed by atoms with Gasteiger partial charge in [-0.05, 0) is 175 Å². The fourth-order valence-corrected chi connectivity index (χ4v) is 28.4. The quantitative estimate of drug-likeness (QED) is 0.156. The van der Waals surface area contributed by atoms with Gasteiger partial charge in [0.1, 0.15) is 7.93 Å². The number of hydrogen-bond acceptors (Lipinski definition) is 1. The molecular formula is C56H84OSi2. The SMILES string of the molecule is CC(C)c1cc(C(C)C)c([Si]2=C(C34CC5CC(CC(C5)C3)C4)O[Si]2(c2c(C(C)C)cc(C(C)C)cc2C(C)C)c2c(C(C)C)cc(C(C)C)cc2C(C)C)c(C(C)C)c1. The second-order valence-corrected chi connectivity index (χ2v) is 31.2. The molecule has 5 aliphatic rings. The molecule has 4 bridgehead atoms. The van der Waals surface area contributed by atoms with E-state index in [1.807, 2.05) is 0 Å². The van der Waals surface area contributed by atoms with Gasteiger partial charge in [0.05, 0.1) is 5.35 Å². The molecular weight excluding hydrogens is 745 g/mol. The van der Waals surface area contributed by atoms with Crippen molar-refractivity contribution in [2.75, 3.05) is 0 Å². The molecule has 1 nitrogen and oxygen atoms in total. The van der Waals surface area contributed by atoms with Gasteiger partial charge in [-0.2, -0.15) is 0 Å². The minimum absolute atomic E-state index is 0.223. The van der Waals surface area contributed by atoms with Crippen LogP contribution in [0.25, 0.3) is 0 Å². The summed E-state index contributed by atoms with van der Waals surface area (Å²) in [6.07, 6.45) is 8.49. The Kier molecular flexibility index (Phi) is 12.5. The Balaban J connectivity index is 1.78. The zero-order valence-electron chi connectivity index (χ0n) is 41.0. The van der Waals surface area contributed by atoms with Gasteiger partial charge in [0.15, 0.2) is 0 Å². The molecule has 0 atom stereocenters. The molecule has 4 fully saturated rings. The maximum Gasteiger partial charge on any atom is 0.323 e. The summed E-state index contributed by atoms with van der Waals surface area (Å²) in [4.78, 5) is 0. The van der Waals surface area contributed by atoms with E-state index in [2.05, 4.69) is 161 Å². The summed E-state index contributed by atoms with van der Waals surface area (Å²) in [5.74, 6) is 6.56. The first kappa shape index (κ1) is 44.8. The first-order valence-corrected chi connectivity index (χ1v) is 29.0. The van der Waals surface area contributed by atoms with Crippen LogP contribution in [0.4, 0.5) is 0 Å². The van der Waals surface area contributed by atoms with Crippen molar-refractivity contribution in [3.05, 3.63) is 86.5 Å². The fourth-order valence-electron chi connectivity index (χ4n) is 12.9. The van der Waals surface area contributed by atoms with E-state index in [0.717, 1.165) is 17.8 Å². The van der Waals surface area contributed by atoms with Gasteiger partial charge in [0.2, 0.25) is 0 Å². The van der Waals surface area contributed by atoms with Crippen molar-refractivity contribution in [1.29, 1.82) is 0 Å². The highest BCUT2D eigenvalue weighted by Gasteiger charge is 2.66. The zero-order valence-corrected chi connectivity index (χ0v) is 43.0. The van der Waals surface area contributed by atoms with Gasteiger partial charge in [-0.15, -0.1) is 0 Å². The van der Waals surface area contributed by atoms with Crippen LogP contribution in [-0.4, -0.2) is 21.1 Å². The van der Waals surface area contributed by atoms with Crippen molar-refractivity contribution in [1.82, 2.24) is 0 Å². The Labute approximate surface area is 365 Å². The maximum absolute atomic E-state index is 8.76. The summed E-state index contributed by atoms with van der Waals surface area (Å²) in [6, 6.07) is 16.1. The van der Waals surface area contributed by atoms with Crippen molar-refractivity contribution < 1.29 is 4.43 Å². The van der Waals surface area contributed by atoms with Crippen molar-refractivity contribution >= 4 is 36.7 Å². The van der Waals surface area contributed by atoms with E-state index in [-0.39, 0.29) is 5.41 Å². The van der Waals surface area contributed by atoms with Crippen LogP contribution in [0.2, 0.25) is 0 Å². The molecule has 0 amide bonds. The predicted octanol–water partition coefficient (Wildman–Crippen LogP) is 14.3. The molecule has 1 heterocycles. The third kappa shape index (κ3) is 7.59. The normalized spacial score (nSPS) is 23.8. The van der Waals surface area contributed by atoms with Crippen LogP contribution < -0.4 is 15.6 Å². The first-order chi connectivity index (χ1) is 27.6. The second-order valence-electron chi connectivity index (χ2n) is 23.3. The standard InChI is InChI=1S/C56H84OSi2/c1-31(2)43-22-46(34(7)8)52(47(23-43)35(9)10)58-55(56-28-40-19-41(29-56)21-42(20-40)30-56)57-59(58,53-48(36(11)12)24-44(32(3)4)25-49(53)37(13)14)54-50(38(15)16)26-45(33(5)6)27-51(54)39(17)18/h22-27,31-42H,19-21,28-30H2,1-18H3. The molecule has 3 heteroatoms. The molecule has 0 unspecified atom stereocenters. The smallest absolute Gasteiger partial charge is 0.323 e. The Morgan fingerprint density at radius 1 is 0.424 bits per heavy atom. The highest BCUT2D eigenvalue weighted by molar-refractivity contribution is 7.51. The highest BCUT2D eigenvalue weighted by atomic mass is 29.2. The predicted molar refractivity (Wildman–Crippen MR) is 263 cm³/mol. The molecule has 59 heavy (non-hydrogen) atoms. The van der Waals surface area contributed by atoms with Crippen molar-refractivity contribution in [2.24, 2.45) is 23.2 Å². The van der Waals surface area contributed by atoms with Crippen molar-refractivity contribution in [3.63, 3.8) is 0 Å². The lowest BCUT2D eigenvalue weighted by Gasteiger charge is -2.62. The van der Waals surface area contributed by atoms with Crippen LogP contribution in [0.15, 0.2) is 36.4 Å². The Morgan fingerprint density at radius 2 is 0.695 bits per heavy atom. The van der Waals surface area contributed by atoms with E-state index in [0.29, 0.717) is 53.3 Å². The fraction of sp³-hybridized carbons (Fsp3) is 0.661. The van der Waals surface area contributed by atoms with Gasteiger partial charge in [-0.25, -0.2) is 0 Å². The van der Waals surface area contributed by atoms with Gasteiger partial charge in [-0.3, -0.25) is 0 Å². The first-order valence-electron chi connectivity index (χ1n) is 24.6. The summed E-state index contributed by atoms with van der Waals surface area (Å²) in [7, 11) is -4.53. The zero-order chi connectivity index (χ0) is 43.2. The van der Waals surface area contributed by atoms with Crippen molar-refractivity contribution in [2.45, 2.75) is 216 Å². The third-order valence-electron chi connectivity index (χ3n) is 15.7. The van der Waals surface area contributed by atoms with E-state index in [1.54, 1.807) is 54.3 Å². The second kappa shape index (κ2) is 16.5. The molecule has 1 aliphatic heterocycles. The Morgan fingerprint density at radius 3 is 0.949 bits per heavy atom. The van der Waals surface area contributed by atoms with Crippen LogP contribution in [0.1, 0.15) is 266 Å². The van der Waals surface area contributed by atoms with E-state index >= 15 is 0 Å². The highest BCUT2D eigenvalue weighted by Crippen LogP contribution is 2.62. The van der Waals surface area contributed by atoms with E-state index in [9.17, 15) is 0 Å². The maximum atomic E-state index is 8.76. The van der Waals surface area contributed by atoms with E-state index in [4.69, 9.17) is 4.43 Å². The average Bonchev–Trinajstić information content (AvgIpc) is 3.12. The Bertz CT molecular complexity index is 1890. The molecule has 0 aromatic heterocycles. The molecule has 0 N–H and O–H groups in total. The lowest BCUT2D eigenvalue weighted by Crippen LogP contribution is -2.85. The van der Waals surface area contributed by atoms with E-state index in [1.165, 1.54) is 55.2 Å². The summed E-state index contributed by atoms with van der Waals surface area (Å²) in [6.45, 7) is 44.4. The third-order valence-corrected chi connectivity index (χ3v) is 27.2. The molecule has 4 aliphatic carbocycles. The van der Waals surface area contributed by atoms with E-state index < -0.39 is 15.8 Å². The molecule has 0 saturated heterocycles. The minimum atomic E-state index is -3.06. The van der Waals surface area contributed by atoms with Gasteiger partial charge < -0.3 is 4.43 Å². The van der Waals surface area contributed by atoms with Crippen molar-refractivity contribution in [3.8, 4) is 0 Å². The summed E-state index contributed by atoms with van der Waals surface area (Å²) in [5, 5.41) is 6.80. The van der Waals surface area contributed by atoms with Gasteiger partial charge in [0.25, 0.3) is 0 Å². The van der Waals surface area contributed by atoms with Gasteiger partial charge in [-0.1, -0.05) is 161 Å². The summed E-state index contributed by atoms with van der Waals surface area (Å²) < 4.78 is 8.76.